The van der Waals surface area contributed by atoms with E-state index in [1.54, 1.807) is 17.0 Å². The molecule has 0 bridgehead atoms. The molecule has 0 radical (unpaired) electrons. The summed E-state index contributed by atoms with van der Waals surface area (Å²) in [5, 5.41) is 0.0218. The molecule has 0 unspecified atom stereocenters. The van der Waals surface area contributed by atoms with Gasteiger partial charge in [-0.25, -0.2) is 4.39 Å². The van der Waals surface area contributed by atoms with Gasteiger partial charge in [-0.2, -0.15) is 0 Å². The summed E-state index contributed by atoms with van der Waals surface area (Å²) in [4.78, 5) is 25.2. The Balaban J connectivity index is 1.91. The number of hydrogen-bond donors (Lipinski definition) is 0. The molecule has 0 aliphatic carbocycles. The smallest absolute Gasteiger partial charge is 0.308 e. The third-order valence-electron chi connectivity index (χ3n) is 3.70. The molecule has 2 rings (SSSR count). The van der Waals surface area contributed by atoms with Gasteiger partial charge >= 0.3 is 5.97 Å². The van der Waals surface area contributed by atoms with E-state index in [1.165, 1.54) is 25.3 Å². The van der Waals surface area contributed by atoms with Crippen molar-refractivity contribution in [3.8, 4) is 0 Å². The van der Waals surface area contributed by atoms with E-state index in [2.05, 4.69) is 0 Å². The Bertz CT molecular complexity index is 595. The summed E-state index contributed by atoms with van der Waals surface area (Å²) in [5.41, 5.74) is 0.657. The van der Waals surface area contributed by atoms with Gasteiger partial charge < -0.3 is 9.64 Å². The molecule has 0 saturated carbocycles. The number of likely N-dealkylation sites (tertiary alicyclic amines) is 1. The summed E-state index contributed by atoms with van der Waals surface area (Å²) >= 11 is 5.69. The van der Waals surface area contributed by atoms with Gasteiger partial charge in [-0.15, -0.1) is 0 Å². The summed E-state index contributed by atoms with van der Waals surface area (Å²) in [6.07, 6.45) is 4.24. The second kappa shape index (κ2) is 7.40. The molecular formula is C16H17ClFNO3. The van der Waals surface area contributed by atoms with Gasteiger partial charge in [0.05, 0.1) is 18.1 Å². The topological polar surface area (TPSA) is 46.6 Å². The Kier molecular flexibility index (Phi) is 5.55. The number of piperidine rings is 1. The number of ether oxygens (including phenoxy) is 1. The zero-order valence-corrected chi connectivity index (χ0v) is 13.0. The molecule has 1 aliphatic heterocycles. The quantitative estimate of drug-likeness (QED) is 0.634. The third kappa shape index (κ3) is 4.07. The molecule has 0 aromatic heterocycles. The molecule has 0 atom stereocenters. The number of halogens is 2. The van der Waals surface area contributed by atoms with Crippen LogP contribution in [-0.2, 0) is 14.3 Å². The van der Waals surface area contributed by atoms with Crippen LogP contribution >= 0.6 is 11.6 Å². The van der Waals surface area contributed by atoms with Gasteiger partial charge in [0.2, 0.25) is 5.91 Å². The van der Waals surface area contributed by atoms with Crippen LogP contribution in [0.2, 0.25) is 5.02 Å². The van der Waals surface area contributed by atoms with Crippen LogP contribution in [0.5, 0.6) is 0 Å². The zero-order chi connectivity index (χ0) is 16.1. The van der Waals surface area contributed by atoms with E-state index in [9.17, 15) is 14.0 Å². The van der Waals surface area contributed by atoms with Crippen molar-refractivity contribution in [2.24, 2.45) is 5.92 Å². The van der Waals surface area contributed by atoms with Crippen LogP contribution in [0.1, 0.15) is 18.4 Å². The Hall–Kier alpha value is -1.88. The average Bonchev–Trinajstić information content (AvgIpc) is 2.55. The van der Waals surface area contributed by atoms with Gasteiger partial charge in [-0.3, -0.25) is 9.59 Å². The van der Waals surface area contributed by atoms with E-state index >= 15 is 0 Å². The maximum Gasteiger partial charge on any atom is 0.308 e. The molecule has 0 spiro atoms. The Morgan fingerprint density at radius 3 is 2.64 bits per heavy atom. The molecule has 22 heavy (non-hydrogen) atoms. The van der Waals surface area contributed by atoms with Crippen molar-refractivity contribution in [3.63, 3.8) is 0 Å². The lowest BCUT2D eigenvalue weighted by Gasteiger charge is -2.29. The number of carbonyl (C=O) groups is 2. The number of esters is 1. The lowest BCUT2D eigenvalue weighted by atomic mass is 9.97. The van der Waals surface area contributed by atoms with E-state index in [1.807, 2.05) is 0 Å². The molecule has 6 heteroatoms. The van der Waals surface area contributed by atoms with Crippen molar-refractivity contribution in [3.05, 3.63) is 40.7 Å². The predicted molar refractivity (Wildman–Crippen MR) is 81.8 cm³/mol. The zero-order valence-electron chi connectivity index (χ0n) is 12.2. The lowest BCUT2D eigenvalue weighted by molar-refractivity contribution is -0.148. The Morgan fingerprint density at radius 1 is 1.36 bits per heavy atom. The summed E-state index contributed by atoms with van der Waals surface area (Å²) in [6, 6.07) is 4.27. The molecule has 1 aromatic rings. The number of rotatable bonds is 3. The number of benzene rings is 1. The highest BCUT2D eigenvalue weighted by atomic mass is 35.5. The number of nitrogens with zero attached hydrogens (tertiary/aromatic N) is 1. The van der Waals surface area contributed by atoms with E-state index in [0.29, 0.717) is 31.5 Å². The molecule has 1 aromatic carbocycles. The molecular weight excluding hydrogens is 309 g/mol. The van der Waals surface area contributed by atoms with Crippen LogP contribution in [0, 0.1) is 11.7 Å². The molecule has 1 aliphatic rings. The van der Waals surface area contributed by atoms with Crippen LogP contribution in [0.3, 0.4) is 0 Å². The molecule has 4 nitrogen and oxygen atoms in total. The van der Waals surface area contributed by atoms with Crippen LogP contribution < -0.4 is 0 Å². The summed E-state index contributed by atoms with van der Waals surface area (Å²) in [5.74, 6) is -0.976. The Labute approximate surface area is 133 Å². The maximum atomic E-state index is 13.1. The average molecular weight is 326 g/mol. The first-order valence-corrected chi connectivity index (χ1v) is 7.39. The fourth-order valence-electron chi connectivity index (χ4n) is 2.39. The van der Waals surface area contributed by atoms with E-state index in [4.69, 9.17) is 16.3 Å². The fraction of sp³-hybridized carbons (Fsp3) is 0.375. The minimum atomic E-state index is -0.491. The molecule has 1 saturated heterocycles. The number of carbonyl (C=O) groups excluding carboxylic acids is 2. The van der Waals surface area contributed by atoms with E-state index < -0.39 is 5.82 Å². The van der Waals surface area contributed by atoms with Crippen molar-refractivity contribution < 1.29 is 18.7 Å². The summed E-state index contributed by atoms with van der Waals surface area (Å²) < 4.78 is 17.8. The van der Waals surface area contributed by atoms with Crippen LogP contribution in [0.4, 0.5) is 4.39 Å². The summed E-state index contributed by atoms with van der Waals surface area (Å²) in [7, 11) is 1.37. The molecule has 0 N–H and O–H groups in total. The van der Waals surface area contributed by atoms with Crippen molar-refractivity contribution in [2.75, 3.05) is 20.2 Å². The second-order valence-corrected chi connectivity index (χ2v) is 5.54. The van der Waals surface area contributed by atoms with Crippen LogP contribution in [0.15, 0.2) is 24.3 Å². The first kappa shape index (κ1) is 16.5. The van der Waals surface area contributed by atoms with Gasteiger partial charge in [0, 0.05) is 19.2 Å². The van der Waals surface area contributed by atoms with Gasteiger partial charge in [0.15, 0.2) is 0 Å². The summed E-state index contributed by atoms with van der Waals surface area (Å²) in [6.45, 7) is 1.04. The predicted octanol–water partition coefficient (Wildman–Crippen LogP) is 2.90. The Morgan fingerprint density at radius 2 is 2.05 bits per heavy atom. The maximum absolute atomic E-state index is 13.1. The first-order chi connectivity index (χ1) is 10.5. The number of amides is 1. The highest BCUT2D eigenvalue weighted by Gasteiger charge is 2.26. The van der Waals surface area contributed by atoms with Gasteiger partial charge in [-0.05, 0) is 36.6 Å². The van der Waals surface area contributed by atoms with E-state index in [0.717, 1.165) is 0 Å². The number of methoxy groups -OCH3 is 1. The SMILES string of the molecule is COC(=O)C1CCN(C(=O)/C=C\c2ccc(F)c(Cl)c2)CC1. The monoisotopic (exact) mass is 325 g/mol. The highest BCUT2D eigenvalue weighted by Crippen LogP contribution is 2.20. The van der Waals surface area contributed by atoms with Crippen molar-refractivity contribution in [1.29, 1.82) is 0 Å². The van der Waals surface area contributed by atoms with Crippen molar-refractivity contribution in [1.82, 2.24) is 4.90 Å². The lowest BCUT2D eigenvalue weighted by Crippen LogP contribution is -2.39. The van der Waals surface area contributed by atoms with Crippen LogP contribution in [-0.4, -0.2) is 37.0 Å². The van der Waals surface area contributed by atoms with Crippen LogP contribution in [0.25, 0.3) is 6.08 Å². The van der Waals surface area contributed by atoms with Crippen molar-refractivity contribution in [2.45, 2.75) is 12.8 Å². The van der Waals surface area contributed by atoms with Crippen molar-refractivity contribution >= 4 is 29.6 Å². The largest absolute Gasteiger partial charge is 0.469 e. The normalized spacial score (nSPS) is 16.0. The first-order valence-electron chi connectivity index (χ1n) is 7.01. The standard InChI is InChI=1S/C16H17ClFNO3/c1-22-16(21)12-6-8-19(9-7-12)15(20)5-3-11-2-4-14(18)13(17)10-11/h2-5,10,12H,6-9H2,1H3/b5-3-. The minimum absolute atomic E-state index is 0.0218. The van der Waals surface area contributed by atoms with Gasteiger partial charge in [0.25, 0.3) is 0 Å². The molecule has 1 amide bonds. The van der Waals surface area contributed by atoms with Gasteiger partial charge in [-0.1, -0.05) is 17.7 Å². The molecule has 118 valence electrons. The minimum Gasteiger partial charge on any atom is -0.469 e. The highest BCUT2D eigenvalue weighted by molar-refractivity contribution is 6.30. The fourth-order valence-corrected chi connectivity index (χ4v) is 2.58. The molecule has 1 heterocycles. The molecule has 1 fully saturated rings. The third-order valence-corrected chi connectivity index (χ3v) is 3.99. The van der Waals surface area contributed by atoms with Gasteiger partial charge in [0.1, 0.15) is 5.82 Å². The van der Waals surface area contributed by atoms with E-state index in [-0.39, 0.29) is 22.8 Å². The number of hydrogen-bond acceptors (Lipinski definition) is 3. The second-order valence-electron chi connectivity index (χ2n) is 5.13.